The Morgan fingerprint density at radius 2 is 1.57 bits per heavy atom. The van der Waals surface area contributed by atoms with Crippen LogP contribution in [0.4, 0.5) is 0 Å². The van der Waals surface area contributed by atoms with E-state index in [4.69, 9.17) is 10.5 Å². The summed E-state index contributed by atoms with van der Waals surface area (Å²) in [6, 6.07) is 24.2. The van der Waals surface area contributed by atoms with Crippen LogP contribution in [0.25, 0.3) is 16.5 Å². The lowest BCUT2D eigenvalue weighted by molar-refractivity contribution is 0.367. The quantitative estimate of drug-likeness (QED) is 0.773. The SMILES string of the molecule is N/C(=C\COc1cccc2ccccc12)c1ccccc1. The van der Waals surface area contributed by atoms with Crippen molar-refractivity contribution >= 4 is 16.5 Å². The standard InChI is InChI=1S/C19H17NO/c20-18(16-8-2-1-3-9-16)13-14-21-19-12-6-10-15-7-4-5-11-17(15)19/h1-13H,14,20H2/b18-13-. The molecule has 0 fully saturated rings. The summed E-state index contributed by atoms with van der Waals surface area (Å²) in [6.45, 7) is 0.453. The topological polar surface area (TPSA) is 35.2 Å². The molecule has 0 spiro atoms. The Labute approximate surface area is 124 Å². The maximum atomic E-state index is 6.05. The van der Waals surface area contributed by atoms with Gasteiger partial charge in [-0.25, -0.2) is 0 Å². The molecule has 21 heavy (non-hydrogen) atoms. The molecule has 3 rings (SSSR count). The summed E-state index contributed by atoms with van der Waals surface area (Å²) in [5.41, 5.74) is 7.80. The Bertz CT molecular complexity index is 757. The van der Waals surface area contributed by atoms with E-state index < -0.39 is 0 Å². The minimum atomic E-state index is 0.453. The van der Waals surface area contributed by atoms with Crippen molar-refractivity contribution in [2.75, 3.05) is 6.61 Å². The van der Waals surface area contributed by atoms with Crippen molar-refractivity contribution in [2.24, 2.45) is 5.73 Å². The van der Waals surface area contributed by atoms with Crippen LogP contribution in [0.2, 0.25) is 0 Å². The van der Waals surface area contributed by atoms with Gasteiger partial charge < -0.3 is 10.5 Å². The Hall–Kier alpha value is -2.74. The normalized spacial score (nSPS) is 11.5. The zero-order valence-corrected chi connectivity index (χ0v) is 11.7. The summed E-state index contributed by atoms with van der Waals surface area (Å²) in [6.07, 6.45) is 1.90. The molecule has 0 amide bonds. The van der Waals surface area contributed by atoms with Gasteiger partial charge in [-0.2, -0.15) is 0 Å². The van der Waals surface area contributed by atoms with Gasteiger partial charge >= 0.3 is 0 Å². The van der Waals surface area contributed by atoms with Crippen LogP contribution in [0.3, 0.4) is 0 Å². The highest BCUT2D eigenvalue weighted by Gasteiger charge is 2.00. The van der Waals surface area contributed by atoms with Gasteiger partial charge in [-0.3, -0.25) is 0 Å². The molecular weight excluding hydrogens is 258 g/mol. The number of rotatable bonds is 4. The molecule has 0 saturated heterocycles. The predicted molar refractivity (Wildman–Crippen MR) is 88.0 cm³/mol. The van der Waals surface area contributed by atoms with E-state index in [0.29, 0.717) is 6.61 Å². The first-order chi connectivity index (χ1) is 10.3. The molecular formula is C19H17NO. The van der Waals surface area contributed by atoms with Crippen LogP contribution >= 0.6 is 0 Å². The average molecular weight is 275 g/mol. The van der Waals surface area contributed by atoms with E-state index in [1.165, 1.54) is 5.39 Å². The molecule has 104 valence electrons. The third kappa shape index (κ3) is 3.06. The Morgan fingerprint density at radius 1 is 0.857 bits per heavy atom. The maximum Gasteiger partial charge on any atom is 0.127 e. The van der Waals surface area contributed by atoms with E-state index in [0.717, 1.165) is 22.4 Å². The van der Waals surface area contributed by atoms with Crippen molar-refractivity contribution in [3.63, 3.8) is 0 Å². The molecule has 0 saturated carbocycles. The fourth-order valence-electron chi connectivity index (χ4n) is 2.29. The first kappa shape index (κ1) is 13.3. The maximum absolute atomic E-state index is 6.05. The highest BCUT2D eigenvalue weighted by Crippen LogP contribution is 2.25. The summed E-state index contributed by atoms with van der Waals surface area (Å²) < 4.78 is 5.86. The van der Waals surface area contributed by atoms with Crippen LogP contribution in [0.15, 0.2) is 78.9 Å². The number of fused-ring (bicyclic) bond motifs is 1. The average Bonchev–Trinajstić information content (AvgIpc) is 2.56. The van der Waals surface area contributed by atoms with Gasteiger partial charge in [0, 0.05) is 11.1 Å². The molecule has 0 bridgehead atoms. The first-order valence-corrected chi connectivity index (χ1v) is 6.96. The van der Waals surface area contributed by atoms with Gasteiger partial charge in [0.2, 0.25) is 0 Å². The lowest BCUT2D eigenvalue weighted by Crippen LogP contribution is -2.01. The van der Waals surface area contributed by atoms with Gasteiger partial charge in [0.05, 0.1) is 0 Å². The Balaban J connectivity index is 1.75. The molecule has 3 aromatic carbocycles. The van der Waals surface area contributed by atoms with E-state index in [1.807, 2.05) is 60.7 Å². The molecule has 3 aromatic rings. The number of ether oxygens (including phenoxy) is 1. The molecule has 2 N–H and O–H groups in total. The number of hydrogen-bond donors (Lipinski definition) is 1. The van der Waals surface area contributed by atoms with Crippen LogP contribution in [0, 0.1) is 0 Å². The van der Waals surface area contributed by atoms with Crippen molar-refractivity contribution in [1.82, 2.24) is 0 Å². The fourth-order valence-corrected chi connectivity index (χ4v) is 2.29. The largest absolute Gasteiger partial charge is 0.489 e. The summed E-state index contributed by atoms with van der Waals surface area (Å²) in [4.78, 5) is 0. The second-order valence-electron chi connectivity index (χ2n) is 4.81. The van der Waals surface area contributed by atoms with Crippen LogP contribution in [-0.4, -0.2) is 6.61 Å². The number of benzene rings is 3. The third-order valence-corrected chi connectivity index (χ3v) is 3.40. The zero-order valence-electron chi connectivity index (χ0n) is 11.7. The lowest BCUT2D eigenvalue weighted by Gasteiger charge is -2.08. The second-order valence-corrected chi connectivity index (χ2v) is 4.81. The van der Waals surface area contributed by atoms with Gasteiger partial charge in [0.25, 0.3) is 0 Å². The molecule has 2 heteroatoms. The Morgan fingerprint density at radius 3 is 2.43 bits per heavy atom. The minimum absolute atomic E-state index is 0.453. The van der Waals surface area contributed by atoms with Crippen molar-refractivity contribution in [1.29, 1.82) is 0 Å². The molecule has 0 aliphatic carbocycles. The molecule has 0 aliphatic heterocycles. The molecule has 0 atom stereocenters. The Kier molecular flexibility index (Phi) is 3.88. The molecule has 0 radical (unpaired) electrons. The molecule has 2 nitrogen and oxygen atoms in total. The summed E-state index contributed by atoms with van der Waals surface area (Å²) in [5.74, 6) is 0.880. The van der Waals surface area contributed by atoms with Crippen LogP contribution in [0.5, 0.6) is 5.75 Å². The molecule has 0 aliphatic rings. The van der Waals surface area contributed by atoms with Gasteiger partial charge in [0.15, 0.2) is 0 Å². The first-order valence-electron chi connectivity index (χ1n) is 6.96. The fraction of sp³-hybridized carbons (Fsp3) is 0.0526. The van der Waals surface area contributed by atoms with Crippen molar-refractivity contribution in [3.8, 4) is 5.75 Å². The van der Waals surface area contributed by atoms with Crippen LogP contribution in [-0.2, 0) is 0 Å². The van der Waals surface area contributed by atoms with Gasteiger partial charge in [0.1, 0.15) is 12.4 Å². The summed E-state index contributed by atoms with van der Waals surface area (Å²) in [7, 11) is 0. The van der Waals surface area contributed by atoms with Crippen LogP contribution in [0.1, 0.15) is 5.56 Å². The van der Waals surface area contributed by atoms with Crippen molar-refractivity contribution < 1.29 is 4.74 Å². The monoisotopic (exact) mass is 275 g/mol. The van der Waals surface area contributed by atoms with E-state index >= 15 is 0 Å². The highest BCUT2D eigenvalue weighted by atomic mass is 16.5. The summed E-state index contributed by atoms with van der Waals surface area (Å²) in [5, 5.41) is 2.29. The highest BCUT2D eigenvalue weighted by molar-refractivity contribution is 5.88. The third-order valence-electron chi connectivity index (χ3n) is 3.40. The number of nitrogens with two attached hydrogens (primary N) is 1. The van der Waals surface area contributed by atoms with E-state index in [9.17, 15) is 0 Å². The second kappa shape index (κ2) is 6.14. The van der Waals surface area contributed by atoms with Crippen molar-refractivity contribution in [2.45, 2.75) is 0 Å². The van der Waals surface area contributed by atoms with Gasteiger partial charge in [-0.1, -0.05) is 66.7 Å². The van der Waals surface area contributed by atoms with Crippen LogP contribution < -0.4 is 10.5 Å². The van der Waals surface area contributed by atoms with Crippen molar-refractivity contribution in [3.05, 3.63) is 84.4 Å². The van der Waals surface area contributed by atoms with E-state index in [2.05, 4.69) is 18.2 Å². The van der Waals surface area contributed by atoms with Gasteiger partial charge in [-0.05, 0) is 23.1 Å². The smallest absolute Gasteiger partial charge is 0.127 e. The minimum Gasteiger partial charge on any atom is -0.489 e. The zero-order chi connectivity index (χ0) is 14.5. The van der Waals surface area contributed by atoms with E-state index in [-0.39, 0.29) is 0 Å². The number of hydrogen-bond acceptors (Lipinski definition) is 2. The molecule has 0 aromatic heterocycles. The van der Waals surface area contributed by atoms with E-state index in [1.54, 1.807) is 0 Å². The van der Waals surface area contributed by atoms with Gasteiger partial charge in [-0.15, -0.1) is 0 Å². The summed E-state index contributed by atoms with van der Waals surface area (Å²) >= 11 is 0. The molecule has 0 heterocycles. The molecule has 0 unspecified atom stereocenters. The predicted octanol–water partition coefficient (Wildman–Crippen LogP) is 4.22. The lowest BCUT2D eigenvalue weighted by atomic mass is 10.1.